The van der Waals surface area contributed by atoms with Crippen molar-refractivity contribution in [2.75, 3.05) is 0 Å². The zero-order chi connectivity index (χ0) is 17.1. The molecule has 0 atom stereocenters. The second-order valence-corrected chi connectivity index (χ2v) is 6.67. The number of hydrogen-bond acceptors (Lipinski definition) is 2. The maximum Gasteiger partial charge on any atom is 0.309 e. The number of carboxylic acid groups (broad SMARTS) is 1. The molecule has 0 unspecified atom stereocenters. The molecular formula is C16H14BrCl2NO3. The normalized spacial score (nSPS) is 10.8. The van der Waals surface area contributed by atoms with E-state index in [1.54, 1.807) is 22.8 Å². The summed E-state index contributed by atoms with van der Waals surface area (Å²) < 4.78 is 2.35. The summed E-state index contributed by atoms with van der Waals surface area (Å²) >= 11 is 15.2. The lowest BCUT2D eigenvalue weighted by Gasteiger charge is -2.11. The molecule has 1 N–H and O–H groups in total. The van der Waals surface area contributed by atoms with E-state index in [0.717, 1.165) is 6.42 Å². The highest BCUT2D eigenvalue weighted by Crippen LogP contribution is 2.28. The third kappa shape index (κ3) is 3.97. The Kier molecular flexibility index (Phi) is 5.89. The van der Waals surface area contributed by atoms with Crippen LogP contribution in [0, 0.1) is 0 Å². The molecule has 0 aliphatic heterocycles. The number of benzene rings is 1. The van der Waals surface area contributed by atoms with E-state index in [2.05, 4.69) is 15.9 Å². The van der Waals surface area contributed by atoms with Crippen LogP contribution < -0.4 is 0 Å². The molecule has 1 aromatic carbocycles. The van der Waals surface area contributed by atoms with Crippen LogP contribution in [0.5, 0.6) is 0 Å². The number of carbonyl (C=O) groups excluding carboxylic acids is 1. The minimum atomic E-state index is -0.949. The molecule has 0 saturated heterocycles. The summed E-state index contributed by atoms with van der Waals surface area (Å²) in [6.07, 6.45) is 0.616. The molecule has 7 heteroatoms. The first-order chi connectivity index (χ1) is 10.8. The summed E-state index contributed by atoms with van der Waals surface area (Å²) in [7, 11) is 0. The first-order valence-electron chi connectivity index (χ1n) is 6.94. The SMILES string of the molecule is CCCn1c(C(=O)c2ccc(Cl)c(Cl)c2)cc(Br)c1CC(=O)O. The molecule has 2 aromatic rings. The molecule has 0 radical (unpaired) electrons. The predicted octanol–water partition coefficient (Wildman–Crippen LogP) is 4.83. The fourth-order valence-corrected chi connectivity index (χ4v) is 3.20. The predicted molar refractivity (Wildman–Crippen MR) is 93.7 cm³/mol. The third-order valence-electron chi connectivity index (χ3n) is 3.34. The highest BCUT2D eigenvalue weighted by Gasteiger charge is 2.21. The van der Waals surface area contributed by atoms with Crippen LogP contribution in [0.2, 0.25) is 10.0 Å². The van der Waals surface area contributed by atoms with Crippen molar-refractivity contribution in [1.29, 1.82) is 0 Å². The van der Waals surface area contributed by atoms with Crippen LogP contribution in [0.15, 0.2) is 28.7 Å². The summed E-state index contributed by atoms with van der Waals surface area (Å²) in [4.78, 5) is 23.8. The molecule has 1 aromatic heterocycles. The maximum absolute atomic E-state index is 12.8. The van der Waals surface area contributed by atoms with Gasteiger partial charge in [-0.1, -0.05) is 30.1 Å². The van der Waals surface area contributed by atoms with Crippen molar-refractivity contribution >= 4 is 50.9 Å². The average molecular weight is 419 g/mol. The van der Waals surface area contributed by atoms with E-state index < -0.39 is 5.97 Å². The van der Waals surface area contributed by atoms with Gasteiger partial charge in [-0.15, -0.1) is 0 Å². The van der Waals surface area contributed by atoms with Crippen LogP contribution in [0.4, 0.5) is 0 Å². The van der Waals surface area contributed by atoms with Gasteiger partial charge in [0.1, 0.15) is 0 Å². The highest BCUT2D eigenvalue weighted by atomic mass is 79.9. The van der Waals surface area contributed by atoms with Gasteiger partial charge < -0.3 is 9.67 Å². The van der Waals surface area contributed by atoms with Crippen molar-refractivity contribution in [2.24, 2.45) is 0 Å². The van der Waals surface area contributed by atoms with Gasteiger partial charge in [-0.05, 0) is 46.6 Å². The Hall–Kier alpha value is -1.30. The summed E-state index contributed by atoms with van der Waals surface area (Å²) in [6.45, 7) is 2.52. The lowest BCUT2D eigenvalue weighted by atomic mass is 10.1. The van der Waals surface area contributed by atoms with E-state index in [4.69, 9.17) is 28.3 Å². The van der Waals surface area contributed by atoms with Crippen LogP contribution in [0.3, 0.4) is 0 Å². The number of ketones is 1. The molecular weight excluding hydrogens is 405 g/mol. The smallest absolute Gasteiger partial charge is 0.309 e. The number of halogens is 3. The van der Waals surface area contributed by atoms with Crippen LogP contribution in [0.1, 0.15) is 35.1 Å². The molecule has 0 amide bonds. The number of aliphatic carboxylic acids is 1. The Balaban J connectivity index is 2.50. The zero-order valence-corrected chi connectivity index (χ0v) is 15.4. The first-order valence-corrected chi connectivity index (χ1v) is 8.49. The van der Waals surface area contributed by atoms with Crippen molar-refractivity contribution in [3.63, 3.8) is 0 Å². The van der Waals surface area contributed by atoms with Crippen molar-refractivity contribution in [1.82, 2.24) is 4.57 Å². The van der Waals surface area contributed by atoms with E-state index in [1.165, 1.54) is 6.07 Å². The first kappa shape index (κ1) is 18.0. The Morgan fingerprint density at radius 3 is 2.48 bits per heavy atom. The minimum Gasteiger partial charge on any atom is -0.481 e. The number of rotatable bonds is 6. The molecule has 23 heavy (non-hydrogen) atoms. The van der Waals surface area contributed by atoms with Gasteiger partial charge in [0.25, 0.3) is 0 Å². The number of nitrogens with zero attached hydrogens (tertiary/aromatic N) is 1. The molecule has 1 heterocycles. The monoisotopic (exact) mass is 417 g/mol. The van der Waals surface area contributed by atoms with Crippen LogP contribution in [-0.2, 0) is 17.8 Å². The van der Waals surface area contributed by atoms with Gasteiger partial charge >= 0.3 is 5.97 Å². The van der Waals surface area contributed by atoms with Gasteiger partial charge in [0.15, 0.2) is 0 Å². The van der Waals surface area contributed by atoms with Crippen LogP contribution >= 0.6 is 39.1 Å². The Bertz CT molecular complexity index is 771. The molecule has 4 nitrogen and oxygen atoms in total. The van der Waals surface area contributed by atoms with Crippen molar-refractivity contribution in [3.8, 4) is 0 Å². The number of hydrogen-bond donors (Lipinski definition) is 1. The van der Waals surface area contributed by atoms with E-state index in [-0.39, 0.29) is 12.2 Å². The quantitative estimate of drug-likeness (QED) is 0.683. The Morgan fingerprint density at radius 1 is 1.22 bits per heavy atom. The largest absolute Gasteiger partial charge is 0.481 e. The van der Waals surface area contributed by atoms with Gasteiger partial charge in [-0.3, -0.25) is 9.59 Å². The summed E-state index contributed by atoms with van der Waals surface area (Å²) in [5, 5.41) is 9.74. The standard InChI is InChI=1S/C16H14BrCl2NO3/c1-2-5-20-13(8-15(21)22)10(17)7-14(20)16(23)9-3-4-11(18)12(19)6-9/h3-4,6-7H,2,5,8H2,1H3,(H,21,22). The number of carbonyl (C=O) groups is 2. The maximum atomic E-state index is 12.8. The number of carboxylic acids is 1. The van der Waals surface area contributed by atoms with Gasteiger partial charge in [0, 0.05) is 22.3 Å². The molecule has 122 valence electrons. The summed E-state index contributed by atoms with van der Waals surface area (Å²) in [5.41, 5.74) is 1.40. The van der Waals surface area contributed by atoms with Crippen LogP contribution in [0.25, 0.3) is 0 Å². The Morgan fingerprint density at radius 2 is 1.91 bits per heavy atom. The fourth-order valence-electron chi connectivity index (χ4n) is 2.33. The van der Waals surface area contributed by atoms with Crippen molar-refractivity contribution < 1.29 is 14.7 Å². The molecule has 0 spiro atoms. The van der Waals surface area contributed by atoms with E-state index in [9.17, 15) is 9.59 Å². The molecule has 0 aliphatic carbocycles. The lowest BCUT2D eigenvalue weighted by Crippen LogP contribution is -2.14. The second-order valence-electron chi connectivity index (χ2n) is 5.00. The molecule has 0 fully saturated rings. The second kappa shape index (κ2) is 7.51. The zero-order valence-electron chi connectivity index (χ0n) is 12.3. The number of aromatic nitrogens is 1. The highest BCUT2D eigenvalue weighted by molar-refractivity contribution is 9.10. The molecule has 0 aliphatic rings. The van der Waals surface area contributed by atoms with Gasteiger partial charge in [-0.2, -0.15) is 0 Å². The molecule has 0 saturated carbocycles. The summed E-state index contributed by atoms with van der Waals surface area (Å²) in [6, 6.07) is 6.33. The van der Waals surface area contributed by atoms with Gasteiger partial charge in [0.05, 0.1) is 22.2 Å². The molecule has 2 rings (SSSR count). The average Bonchev–Trinajstić information content (AvgIpc) is 2.78. The van der Waals surface area contributed by atoms with Crippen LogP contribution in [-0.4, -0.2) is 21.4 Å². The lowest BCUT2D eigenvalue weighted by molar-refractivity contribution is -0.136. The summed E-state index contributed by atoms with van der Waals surface area (Å²) in [5.74, 6) is -1.18. The van der Waals surface area contributed by atoms with E-state index in [0.29, 0.717) is 38.0 Å². The van der Waals surface area contributed by atoms with Gasteiger partial charge in [-0.25, -0.2) is 0 Å². The fraction of sp³-hybridized carbons (Fsp3) is 0.250. The Labute approximate surface area is 152 Å². The topological polar surface area (TPSA) is 59.3 Å². The van der Waals surface area contributed by atoms with Gasteiger partial charge in [0.2, 0.25) is 5.78 Å². The third-order valence-corrected chi connectivity index (χ3v) is 4.76. The van der Waals surface area contributed by atoms with E-state index in [1.807, 2.05) is 6.92 Å². The minimum absolute atomic E-state index is 0.158. The van der Waals surface area contributed by atoms with E-state index >= 15 is 0 Å². The molecule has 0 bridgehead atoms. The van der Waals surface area contributed by atoms with Crippen molar-refractivity contribution in [3.05, 3.63) is 55.7 Å². The van der Waals surface area contributed by atoms with Crippen molar-refractivity contribution in [2.45, 2.75) is 26.3 Å².